The van der Waals surface area contributed by atoms with Gasteiger partial charge in [-0.25, -0.2) is 8.42 Å². The van der Waals surface area contributed by atoms with Crippen LogP contribution in [-0.4, -0.2) is 66.2 Å². The summed E-state index contributed by atoms with van der Waals surface area (Å²) in [5.41, 5.74) is 1.83. The zero-order chi connectivity index (χ0) is 24.1. The van der Waals surface area contributed by atoms with Gasteiger partial charge in [-0.1, -0.05) is 12.1 Å². The average molecular weight is 485 g/mol. The number of hydrogen-bond acceptors (Lipinski definition) is 7. The number of hydrogen-bond donors (Lipinski definition) is 1. The number of aromatic nitrogens is 3. The van der Waals surface area contributed by atoms with Gasteiger partial charge in [-0.05, 0) is 36.8 Å². The Morgan fingerprint density at radius 1 is 1.09 bits per heavy atom. The van der Waals surface area contributed by atoms with E-state index in [-0.39, 0.29) is 30.2 Å². The van der Waals surface area contributed by atoms with Gasteiger partial charge in [0.2, 0.25) is 5.03 Å². The standard InChI is InChI=1S/C23H28N6O4S/c1-3-33-21-7-5-4-6-20(21)28-12-14-29(15-13-28)34(31,32)23-19(17-27(2)26-23)22(30)25-16-18-8-10-24-11-9-18/h4-11,17H,3,12-16H2,1-2H3,(H,25,30). The second-order valence-electron chi connectivity index (χ2n) is 7.85. The molecule has 11 heteroatoms. The Labute approximate surface area is 199 Å². The van der Waals surface area contributed by atoms with E-state index in [1.54, 1.807) is 31.6 Å². The number of carbonyl (C=O) groups excluding carboxylic acids is 1. The number of piperazine rings is 1. The molecule has 34 heavy (non-hydrogen) atoms. The lowest BCUT2D eigenvalue weighted by Gasteiger charge is -2.35. The number of rotatable bonds is 8. The summed E-state index contributed by atoms with van der Waals surface area (Å²) in [6.45, 7) is 4.29. The lowest BCUT2D eigenvalue weighted by atomic mass is 10.2. The second kappa shape index (κ2) is 10.2. The predicted molar refractivity (Wildman–Crippen MR) is 127 cm³/mol. The van der Waals surface area contributed by atoms with Crippen LogP contribution in [0.25, 0.3) is 0 Å². The second-order valence-corrected chi connectivity index (χ2v) is 9.70. The third-order valence-corrected chi connectivity index (χ3v) is 7.41. The largest absolute Gasteiger partial charge is 0.492 e. The summed E-state index contributed by atoms with van der Waals surface area (Å²) in [5, 5.41) is 6.67. The summed E-state index contributed by atoms with van der Waals surface area (Å²) in [7, 11) is -2.35. The quantitative estimate of drug-likeness (QED) is 0.518. The SMILES string of the molecule is CCOc1ccccc1N1CCN(S(=O)(=O)c2nn(C)cc2C(=O)NCc2ccncc2)CC1. The number of nitrogens with zero attached hydrogens (tertiary/aromatic N) is 5. The molecule has 1 aliphatic heterocycles. The number of benzene rings is 1. The van der Waals surface area contributed by atoms with E-state index in [0.717, 1.165) is 17.0 Å². The summed E-state index contributed by atoms with van der Waals surface area (Å²) >= 11 is 0. The minimum atomic E-state index is -3.95. The Bertz CT molecular complexity index is 1240. The molecule has 0 unspecified atom stereocenters. The van der Waals surface area contributed by atoms with Gasteiger partial charge in [0.15, 0.2) is 0 Å². The van der Waals surface area contributed by atoms with E-state index < -0.39 is 15.9 Å². The summed E-state index contributed by atoms with van der Waals surface area (Å²) < 4.78 is 35.3. The smallest absolute Gasteiger partial charge is 0.263 e. The number of ether oxygens (including phenoxy) is 1. The molecule has 0 saturated carbocycles. The highest BCUT2D eigenvalue weighted by Gasteiger charge is 2.34. The molecule has 4 rings (SSSR count). The lowest BCUT2D eigenvalue weighted by molar-refractivity contribution is 0.0947. The van der Waals surface area contributed by atoms with Gasteiger partial charge < -0.3 is 15.0 Å². The third kappa shape index (κ3) is 5.05. The van der Waals surface area contributed by atoms with Crippen LogP contribution >= 0.6 is 0 Å². The number of sulfonamides is 1. The van der Waals surface area contributed by atoms with E-state index in [9.17, 15) is 13.2 Å². The van der Waals surface area contributed by atoms with Crippen molar-refractivity contribution in [2.45, 2.75) is 18.5 Å². The van der Waals surface area contributed by atoms with Crippen LogP contribution in [0.3, 0.4) is 0 Å². The van der Waals surface area contributed by atoms with Crippen LogP contribution in [0.5, 0.6) is 5.75 Å². The third-order valence-electron chi connectivity index (χ3n) is 5.57. The van der Waals surface area contributed by atoms with Gasteiger partial charge in [0.1, 0.15) is 5.75 Å². The number of anilines is 1. The maximum Gasteiger partial charge on any atom is 0.263 e. The zero-order valence-corrected chi connectivity index (χ0v) is 20.0. The molecular weight excluding hydrogens is 456 g/mol. The molecule has 0 bridgehead atoms. The molecule has 10 nitrogen and oxygen atoms in total. The zero-order valence-electron chi connectivity index (χ0n) is 19.2. The Morgan fingerprint density at radius 3 is 2.50 bits per heavy atom. The van der Waals surface area contributed by atoms with Crippen LogP contribution in [0.1, 0.15) is 22.8 Å². The van der Waals surface area contributed by atoms with Crippen molar-refractivity contribution in [1.29, 1.82) is 0 Å². The molecule has 0 atom stereocenters. The minimum absolute atomic E-state index is 0.0284. The van der Waals surface area contributed by atoms with Crippen LogP contribution in [0.15, 0.2) is 60.0 Å². The van der Waals surface area contributed by atoms with Crippen molar-refractivity contribution in [3.05, 3.63) is 66.1 Å². The number of carbonyl (C=O) groups is 1. The van der Waals surface area contributed by atoms with Crippen LogP contribution < -0.4 is 15.0 Å². The molecule has 0 spiro atoms. The summed E-state index contributed by atoms with van der Waals surface area (Å²) in [5.74, 6) is 0.284. The Morgan fingerprint density at radius 2 is 1.79 bits per heavy atom. The molecular formula is C23H28N6O4S. The maximum atomic E-state index is 13.4. The minimum Gasteiger partial charge on any atom is -0.492 e. The van der Waals surface area contributed by atoms with Crippen LogP contribution in [0.4, 0.5) is 5.69 Å². The van der Waals surface area contributed by atoms with Gasteiger partial charge in [-0.3, -0.25) is 14.5 Å². The number of nitrogens with one attached hydrogen (secondary N) is 1. The Kier molecular flexibility index (Phi) is 7.13. The lowest BCUT2D eigenvalue weighted by Crippen LogP contribution is -2.49. The van der Waals surface area contributed by atoms with Crippen LogP contribution in [0, 0.1) is 0 Å². The van der Waals surface area contributed by atoms with Gasteiger partial charge in [0.05, 0.1) is 17.9 Å². The van der Waals surface area contributed by atoms with Crippen molar-refractivity contribution in [3.63, 3.8) is 0 Å². The Balaban J connectivity index is 1.47. The van der Waals surface area contributed by atoms with Crippen LogP contribution in [0.2, 0.25) is 0 Å². The molecule has 3 aromatic rings. The van der Waals surface area contributed by atoms with Gasteiger partial charge in [-0.15, -0.1) is 0 Å². The number of para-hydroxylation sites is 2. The molecule has 0 aliphatic carbocycles. The van der Waals surface area contributed by atoms with Crippen molar-refractivity contribution in [3.8, 4) is 5.75 Å². The first-order valence-corrected chi connectivity index (χ1v) is 12.5. The molecule has 180 valence electrons. The van der Waals surface area contributed by atoms with Crippen molar-refractivity contribution in [1.82, 2.24) is 24.4 Å². The van der Waals surface area contributed by atoms with E-state index in [2.05, 4.69) is 20.3 Å². The van der Waals surface area contributed by atoms with Crippen LogP contribution in [-0.2, 0) is 23.6 Å². The maximum absolute atomic E-state index is 13.4. The van der Waals surface area contributed by atoms with E-state index in [1.165, 1.54) is 15.2 Å². The summed E-state index contributed by atoms with van der Waals surface area (Å²) in [4.78, 5) is 18.9. The average Bonchev–Trinajstić information content (AvgIpc) is 3.26. The molecule has 1 aromatic carbocycles. The van der Waals surface area contributed by atoms with E-state index in [4.69, 9.17) is 4.74 Å². The summed E-state index contributed by atoms with van der Waals surface area (Å²) in [6.07, 6.45) is 4.70. The first-order valence-electron chi connectivity index (χ1n) is 11.1. The molecule has 1 aliphatic rings. The monoisotopic (exact) mass is 484 g/mol. The van der Waals surface area contributed by atoms with Gasteiger partial charge >= 0.3 is 0 Å². The molecule has 1 N–H and O–H groups in total. The molecule has 3 heterocycles. The first kappa shape index (κ1) is 23.7. The van der Waals surface area contributed by atoms with Crippen molar-refractivity contribution in [2.75, 3.05) is 37.7 Å². The molecule has 1 fully saturated rings. The van der Waals surface area contributed by atoms with Crippen molar-refractivity contribution < 1.29 is 17.9 Å². The molecule has 0 radical (unpaired) electrons. The fourth-order valence-corrected chi connectivity index (χ4v) is 5.42. The topological polar surface area (TPSA) is 110 Å². The van der Waals surface area contributed by atoms with E-state index in [1.807, 2.05) is 31.2 Å². The highest BCUT2D eigenvalue weighted by atomic mass is 32.2. The van der Waals surface area contributed by atoms with E-state index in [0.29, 0.717) is 19.7 Å². The Hall–Kier alpha value is -3.44. The van der Waals surface area contributed by atoms with Gasteiger partial charge in [0, 0.05) is 58.4 Å². The highest BCUT2D eigenvalue weighted by Crippen LogP contribution is 2.30. The van der Waals surface area contributed by atoms with E-state index >= 15 is 0 Å². The number of pyridine rings is 1. The predicted octanol–water partition coefficient (Wildman–Crippen LogP) is 1.65. The summed E-state index contributed by atoms with van der Waals surface area (Å²) in [6, 6.07) is 11.3. The van der Waals surface area contributed by atoms with Gasteiger partial charge in [0.25, 0.3) is 15.9 Å². The fraction of sp³-hybridized carbons (Fsp3) is 0.348. The van der Waals surface area contributed by atoms with Crippen molar-refractivity contribution >= 4 is 21.6 Å². The molecule has 1 saturated heterocycles. The number of aryl methyl sites for hydroxylation is 1. The molecule has 2 aromatic heterocycles. The highest BCUT2D eigenvalue weighted by molar-refractivity contribution is 7.89. The normalized spacial score (nSPS) is 14.7. The first-order chi connectivity index (χ1) is 16.4. The van der Waals surface area contributed by atoms with Crippen molar-refractivity contribution in [2.24, 2.45) is 7.05 Å². The fourth-order valence-electron chi connectivity index (χ4n) is 3.88. The van der Waals surface area contributed by atoms with Gasteiger partial charge in [-0.2, -0.15) is 9.40 Å². The molecule has 1 amide bonds. The number of amides is 1.